The molecule has 2 N–H and O–H groups in total. The minimum atomic E-state index is -0.952. The molecule has 0 aliphatic carbocycles. The fourth-order valence-corrected chi connectivity index (χ4v) is 1.76. The number of rotatable bonds is 8. The Morgan fingerprint density at radius 3 is 2.45 bits per heavy atom. The fraction of sp³-hybridized carbons (Fsp3) is 0.467. The quantitative estimate of drug-likeness (QED) is 0.714. The molecule has 0 heterocycles. The van der Waals surface area contributed by atoms with Crippen LogP contribution >= 0.6 is 0 Å². The Morgan fingerprint density at radius 1 is 1.30 bits per heavy atom. The molecule has 0 radical (unpaired) electrons. The number of hydrogen-bond donors (Lipinski definition) is 2. The summed E-state index contributed by atoms with van der Waals surface area (Å²) in [7, 11) is 0. The molecule has 0 aliphatic rings. The van der Waals surface area contributed by atoms with Crippen molar-refractivity contribution in [2.45, 2.75) is 39.2 Å². The van der Waals surface area contributed by atoms with Gasteiger partial charge in [-0.15, -0.1) is 0 Å². The number of carbonyl (C=O) groups is 2. The predicted octanol–water partition coefficient (Wildman–Crippen LogP) is 2.00. The summed E-state index contributed by atoms with van der Waals surface area (Å²) in [5, 5.41) is 11.7. The van der Waals surface area contributed by atoms with Crippen LogP contribution in [0.25, 0.3) is 0 Å². The average Bonchev–Trinajstić information content (AvgIpc) is 2.41. The van der Waals surface area contributed by atoms with Gasteiger partial charge in [0.15, 0.2) is 6.10 Å². The zero-order valence-corrected chi connectivity index (χ0v) is 11.9. The van der Waals surface area contributed by atoms with Gasteiger partial charge in [0.2, 0.25) is 5.91 Å². The van der Waals surface area contributed by atoms with Crippen molar-refractivity contribution in [3.8, 4) is 5.75 Å². The van der Waals surface area contributed by atoms with E-state index >= 15 is 0 Å². The highest BCUT2D eigenvalue weighted by atomic mass is 16.5. The third kappa shape index (κ3) is 5.73. The van der Waals surface area contributed by atoms with Crippen LogP contribution < -0.4 is 10.1 Å². The van der Waals surface area contributed by atoms with E-state index in [0.29, 0.717) is 18.7 Å². The molecule has 0 spiro atoms. The van der Waals surface area contributed by atoms with Crippen LogP contribution in [-0.4, -0.2) is 29.6 Å². The van der Waals surface area contributed by atoms with Crippen LogP contribution in [0.5, 0.6) is 5.75 Å². The number of nitrogens with one attached hydrogen (secondary N) is 1. The maximum atomic E-state index is 10.9. The highest BCUT2D eigenvalue weighted by Crippen LogP contribution is 2.16. The summed E-state index contributed by atoms with van der Waals surface area (Å²) in [5.41, 5.74) is 1.13. The highest BCUT2D eigenvalue weighted by Gasteiger charge is 2.16. The average molecular weight is 279 g/mol. The Labute approximate surface area is 118 Å². The van der Waals surface area contributed by atoms with Crippen molar-refractivity contribution in [2.75, 3.05) is 6.54 Å². The van der Waals surface area contributed by atoms with Crippen molar-refractivity contribution in [1.29, 1.82) is 0 Å². The number of carboxylic acid groups (broad SMARTS) is 1. The van der Waals surface area contributed by atoms with Crippen molar-refractivity contribution in [3.63, 3.8) is 0 Å². The topological polar surface area (TPSA) is 75.6 Å². The van der Waals surface area contributed by atoms with Crippen molar-refractivity contribution in [3.05, 3.63) is 29.8 Å². The molecule has 5 nitrogen and oxygen atoms in total. The summed E-state index contributed by atoms with van der Waals surface area (Å²) >= 11 is 0. The Bertz CT molecular complexity index is 442. The van der Waals surface area contributed by atoms with Gasteiger partial charge in [0.05, 0.1) is 0 Å². The Kier molecular flexibility index (Phi) is 6.56. The monoisotopic (exact) mass is 279 g/mol. The first-order valence-electron chi connectivity index (χ1n) is 6.75. The summed E-state index contributed by atoms with van der Waals surface area (Å²) in [6, 6.07) is 7.38. The number of hydrogen-bond acceptors (Lipinski definition) is 3. The maximum Gasteiger partial charge on any atom is 0.344 e. The molecule has 5 heteroatoms. The van der Waals surface area contributed by atoms with E-state index in [2.05, 4.69) is 5.32 Å². The Hall–Kier alpha value is -2.04. The molecule has 0 bridgehead atoms. The predicted molar refractivity (Wildman–Crippen MR) is 75.8 cm³/mol. The van der Waals surface area contributed by atoms with Gasteiger partial charge in [-0.25, -0.2) is 4.79 Å². The lowest BCUT2D eigenvalue weighted by Gasteiger charge is -2.13. The van der Waals surface area contributed by atoms with Crippen molar-refractivity contribution in [1.82, 2.24) is 5.32 Å². The summed E-state index contributed by atoms with van der Waals surface area (Å²) in [6.07, 6.45) is 1.34. The molecule has 1 aromatic carbocycles. The van der Waals surface area contributed by atoms with E-state index in [1.807, 2.05) is 12.1 Å². The molecule has 0 saturated heterocycles. The summed E-state index contributed by atoms with van der Waals surface area (Å²) in [5.74, 6) is -0.412. The third-order valence-electron chi connectivity index (χ3n) is 2.86. The van der Waals surface area contributed by atoms with Gasteiger partial charge >= 0.3 is 5.97 Å². The Balaban J connectivity index is 2.43. The second-order valence-electron chi connectivity index (χ2n) is 4.58. The zero-order valence-electron chi connectivity index (χ0n) is 11.9. The fourth-order valence-electron chi connectivity index (χ4n) is 1.76. The van der Waals surface area contributed by atoms with Gasteiger partial charge < -0.3 is 15.2 Å². The summed E-state index contributed by atoms with van der Waals surface area (Å²) in [4.78, 5) is 21.6. The molecular weight excluding hydrogens is 258 g/mol. The second kappa shape index (κ2) is 8.19. The van der Waals surface area contributed by atoms with E-state index in [1.165, 1.54) is 6.92 Å². The minimum Gasteiger partial charge on any atom is -0.479 e. The van der Waals surface area contributed by atoms with Crippen LogP contribution in [-0.2, 0) is 16.0 Å². The van der Waals surface area contributed by atoms with Gasteiger partial charge in [0.1, 0.15) is 5.75 Å². The number of aliphatic carboxylic acids is 1. The van der Waals surface area contributed by atoms with Crippen molar-refractivity contribution >= 4 is 11.9 Å². The van der Waals surface area contributed by atoms with Crippen LogP contribution in [0.15, 0.2) is 24.3 Å². The number of carboxylic acids is 1. The standard InChI is InChI=1S/C15H21NO4/c1-3-14(15(18)19)20-13-8-6-12(7-9-13)5-4-10-16-11(2)17/h6-9,14H,3-5,10H2,1-2H3,(H,16,17)(H,18,19). The molecule has 0 fully saturated rings. The van der Waals surface area contributed by atoms with Crippen LogP contribution in [0.3, 0.4) is 0 Å². The number of aryl methyl sites for hydroxylation is 1. The molecule has 1 unspecified atom stereocenters. The van der Waals surface area contributed by atoms with E-state index in [4.69, 9.17) is 9.84 Å². The summed E-state index contributed by atoms with van der Waals surface area (Å²) < 4.78 is 5.38. The van der Waals surface area contributed by atoms with Gasteiger partial charge in [0.25, 0.3) is 0 Å². The van der Waals surface area contributed by atoms with Crippen LogP contribution in [0, 0.1) is 0 Å². The first-order valence-corrected chi connectivity index (χ1v) is 6.75. The molecule has 110 valence electrons. The van der Waals surface area contributed by atoms with E-state index in [9.17, 15) is 9.59 Å². The third-order valence-corrected chi connectivity index (χ3v) is 2.86. The van der Waals surface area contributed by atoms with Gasteiger partial charge in [-0.2, -0.15) is 0 Å². The van der Waals surface area contributed by atoms with Gasteiger partial charge in [-0.3, -0.25) is 4.79 Å². The molecule has 1 aromatic rings. The Morgan fingerprint density at radius 2 is 1.95 bits per heavy atom. The minimum absolute atomic E-state index is 0.0203. The molecule has 0 aliphatic heterocycles. The molecule has 0 aromatic heterocycles. The van der Waals surface area contributed by atoms with E-state index < -0.39 is 12.1 Å². The lowest BCUT2D eigenvalue weighted by atomic mass is 10.1. The molecule has 1 rings (SSSR count). The molecule has 0 saturated carbocycles. The number of ether oxygens (including phenoxy) is 1. The van der Waals surface area contributed by atoms with E-state index in [1.54, 1.807) is 19.1 Å². The maximum absolute atomic E-state index is 10.9. The highest BCUT2D eigenvalue weighted by molar-refractivity contribution is 5.73. The van der Waals surface area contributed by atoms with E-state index in [0.717, 1.165) is 18.4 Å². The molecule has 1 atom stereocenters. The summed E-state index contributed by atoms with van der Waals surface area (Å²) in [6.45, 7) is 3.93. The smallest absolute Gasteiger partial charge is 0.344 e. The normalized spacial score (nSPS) is 11.7. The largest absolute Gasteiger partial charge is 0.479 e. The number of amides is 1. The van der Waals surface area contributed by atoms with Crippen molar-refractivity contribution < 1.29 is 19.4 Å². The van der Waals surface area contributed by atoms with Crippen LogP contribution in [0.1, 0.15) is 32.3 Å². The first kappa shape index (κ1) is 16.0. The number of carbonyl (C=O) groups excluding carboxylic acids is 1. The second-order valence-corrected chi connectivity index (χ2v) is 4.58. The zero-order chi connectivity index (χ0) is 15.0. The molecular formula is C15H21NO4. The van der Waals surface area contributed by atoms with Gasteiger partial charge in [-0.1, -0.05) is 19.1 Å². The van der Waals surface area contributed by atoms with Crippen LogP contribution in [0.2, 0.25) is 0 Å². The van der Waals surface area contributed by atoms with Crippen LogP contribution in [0.4, 0.5) is 0 Å². The van der Waals surface area contributed by atoms with E-state index in [-0.39, 0.29) is 5.91 Å². The molecule has 1 amide bonds. The first-order chi connectivity index (χ1) is 9.52. The van der Waals surface area contributed by atoms with Gasteiger partial charge in [-0.05, 0) is 37.0 Å². The number of benzene rings is 1. The molecule has 20 heavy (non-hydrogen) atoms. The van der Waals surface area contributed by atoms with Crippen molar-refractivity contribution in [2.24, 2.45) is 0 Å². The lowest BCUT2D eigenvalue weighted by Crippen LogP contribution is -2.25. The SMILES string of the molecule is CCC(Oc1ccc(CCCNC(C)=O)cc1)C(=O)O. The van der Waals surface area contributed by atoms with Gasteiger partial charge in [0, 0.05) is 13.5 Å². The lowest BCUT2D eigenvalue weighted by molar-refractivity contribution is -0.145.